The Kier molecular flexibility index (Phi) is 5.85. The Labute approximate surface area is 87.3 Å². The van der Waals surface area contributed by atoms with Crippen LogP contribution in [0.2, 0.25) is 0 Å². The molecule has 0 fully saturated rings. The Morgan fingerprint density at radius 2 is 1.40 bits per heavy atom. The molecule has 0 unspecified atom stereocenters. The molecular weight excluding hydrogens is 200 g/mol. The Bertz CT molecular complexity index is 296. The highest BCUT2D eigenvalue weighted by molar-refractivity contribution is 5.88. The van der Waals surface area contributed by atoms with E-state index in [9.17, 15) is 9.59 Å². The molecule has 5 nitrogen and oxygen atoms in total. The van der Waals surface area contributed by atoms with Gasteiger partial charge in [-0.05, 0) is 12.1 Å². The maximum Gasteiger partial charge on any atom is 0.371 e. The van der Waals surface area contributed by atoms with Crippen LogP contribution in [-0.4, -0.2) is 22.2 Å². The third kappa shape index (κ3) is 4.85. The number of hydrogen-bond donors (Lipinski definition) is 2. The summed E-state index contributed by atoms with van der Waals surface area (Å²) < 4.78 is 4.41. The second kappa shape index (κ2) is 6.64. The third-order valence-corrected chi connectivity index (χ3v) is 1.53. The first-order valence-electron chi connectivity index (χ1n) is 4.59. The SMILES string of the molecule is CCCC.O=C(O)c1ccc(C(=O)O)o1. The minimum atomic E-state index is -1.28. The highest BCUT2D eigenvalue weighted by Gasteiger charge is 2.12. The van der Waals surface area contributed by atoms with Crippen molar-refractivity contribution in [1.29, 1.82) is 0 Å². The topological polar surface area (TPSA) is 87.7 Å². The summed E-state index contributed by atoms with van der Waals surface area (Å²) in [7, 11) is 0. The van der Waals surface area contributed by atoms with Crippen LogP contribution in [0.3, 0.4) is 0 Å². The van der Waals surface area contributed by atoms with Gasteiger partial charge in [-0.3, -0.25) is 0 Å². The van der Waals surface area contributed by atoms with Gasteiger partial charge in [-0.1, -0.05) is 26.7 Å². The highest BCUT2D eigenvalue weighted by Crippen LogP contribution is 2.06. The van der Waals surface area contributed by atoms with Crippen molar-refractivity contribution >= 4 is 11.9 Å². The molecule has 0 aliphatic heterocycles. The molecule has 0 bridgehead atoms. The van der Waals surface area contributed by atoms with Crippen LogP contribution < -0.4 is 0 Å². The predicted molar refractivity (Wildman–Crippen MR) is 53.2 cm³/mol. The maximum atomic E-state index is 10.2. The van der Waals surface area contributed by atoms with E-state index >= 15 is 0 Å². The lowest BCUT2D eigenvalue weighted by Gasteiger charge is -1.84. The second-order valence-corrected chi connectivity index (χ2v) is 2.77. The molecule has 0 aromatic carbocycles. The van der Waals surface area contributed by atoms with Gasteiger partial charge >= 0.3 is 11.9 Å². The van der Waals surface area contributed by atoms with E-state index in [1.165, 1.54) is 12.8 Å². The molecule has 0 aliphatic carbocycles. The first-order valence-corrected chi connectivity index (χ1v) is 4.59. The molecule has 15 heavy (non-hydrogen) atoms. The number of furan rings is 1. The zero-order valence-corrected chi connectivity index (χ0v) is 8.69. The summed E-state index contributed by atoms with van der Waals surface area (Å²) in [4.78, 5) is 20.3. The molecular formula is C10H14O5. The van der Waals surface area contributed by atoms with Gasteiger partial charge in [-0.2, -0.15) is 0 Å². The number of rotatable bonds is 3. The van der Waals surface area contributed by atoms with Crippen LogP contribution in [-0.2, 0) is 0 Å². The van der Waals surface area contributed by atoms with Crippen LogP contribution >= 0.6 is 0 Å². The standard InChI is InChI=1S/C6H4O5.C4H10/c7-5(8)3-1-2-4(11-3)6(9)10;1-3-4-2/h1-2H,(H,7,8)(H,9,10);3-4H2,1-2H3. The monoisotopic (exact) mass is 214 g/mol. The summed E-state index contributed by atoms with van der Waals surface area (Å²) in [5, 5.41) is 16.6. The molecule has 0 saturated heterocycles. The molecule has 1 rings (SSSR count). The number of carboxylic acids is 2. The summed E-state index contributed by atoms with van der Waals surface area (Å²) in [6.45, 7) is 4.36. The molecule has 0 radical (unpaired) electrons. The predicted octanol–water partition coefficient (Wildman–Crippen LogP) is 2.48. The highest BCUT2D eigenvalue weighted by atomic mass is 16.4. The average molecular weight is 214 g/mol. The fourth-order valence-electron chi connectivity index (χ4n) is 0.568. The number of carboxylic acid groups (broad SMARTS) is 2. The van der Waals surface area contributed by atoms with E-state index in [4.69, 9.17) is 10.2 Å². The van der Waals surface area contributed by atoms with E-state index in [0.717, 1.165) is 12.1 Å². The van der Waals surface area contributed by atoms with Gasteiger partial charge in [0.15, 0.2) is 0 Å². The fourth-order valence-corrected chi connectivity index (χ4v) is 0.568. The second-order valence-electron chi connectivity index (χ2n) is 2.77. The number of carbonyl (C=O) groups is 2. The number of aromatic carboxylic acids is 2. The largest absolute Gasteiger partial charge is 0.475 e. The smallest absolute Gasteiger partial charge is 0.371 e. The molecule has 0 amide bonds. The van der Waals surface area contributed by atoms with E-state index in [0.29, 0.717) is 0 Å². The van der Waals surface area contributed by atoms with Crippen molar-refractivity contribution in [2.75, 3.05) is 0 Å². The van der Waals surface area contributed by atoms with Crippen LogP contribution in [0, 0.1) is 0 Å². The Morgan fingerprint density at radius 1 is 1.07 bits per heavy atom. The lowest BCUT2D eigenvalue weighted by molar-refractivity contribution is 0.0632. The minimum Gasteiger partial charge on any atom is -0.475 e. The fraction of sp³-hybridized carbons (Fsp3) is 0.400. The molecule has 0 saturated carbocycles. The molecule has 84 valence electrons. The van der Waals surface area contributed by atoms with Crippen molar-refractivity contribution in [3.05, 3.63) is 23.7 Å². The molecule has 1 heterocycles. The first kappa shape index (κ1) is 13.2. The first-order chi connectivity index (χ1) is 7.02. The van der Waals surface area contributed by atoms with Gasteiger partial charge in [0.1, 0.15) is 0 Å². The Hall–Kier alpha value is -1.78. The summed E-state index contributed by atoms with van der Waals surface area (Å²) in [5.41, 5.74) is 0. The lowest BCUT2D eigenvalue weighted by Crippen LogP contribution is -1.94. The van der Waals surface area contributed by atoms with Crippen molar-refractivity contribution in [2.24, 2.45) is 0 Å². The maximum absolute atomic E-state index is 10.2. The van der Waals surface area contributed by atoms with Crippen LogP contribution in [0.5, 0.6) is 0 Å². The van der Waals surface area contributed by atoms with Crippen LogP contribution in [0.25, 0.3) is 0 Å². The van der Waals surface area contributed by atoms with Gasteiger partial charge in [0.25, 0.3) is 0 Å². The molecule has 5 heteroatoms. The number of hydrogen-bond acceptors (Lipinski definition) is 3. The van der Waals surface area contributed by atoms with Crippen molar-refractivity contribution < 1.29 is 24.2 Å². The van der Waals surface area contributed by atoms with E-state index in [1.54, 1.807) is 0 Å². The molecule has 1 aromatic rings. The van der Waals surface area contributed by atoms with Gasteiger partial charge < -0.3 is 14.6 Å². The molecule has 0 atom stereocenters. The quantitative estimate of drug-likeness (QED) is 0.806. The summed E-state index contributed by atoms with van der Waals surface area (Å²) in [6.07, 6.45) is 2.64. The Balaban J connectivity index is 0.000000423. The molecule has 0 spiro atoms. The average Bonchev–Trinajstić information content (AvgIpc) is 2.67. The lowest BCUT2D eigenvalue weighted by atomic mass is 10.4. The van der Waals surface area contributed by atoms with E-state index in [-0.39, 0.29) is 11.5 Å². The van der Waals surface area contributed by atoms with Gasteiger partial charge in [-0.25, -0.2) is 9.59 Å². The van der Waals surface area contributed by atoms with Gasteiger partial charge in [-0.15, -0.1) is 0 Å². The van der Waals surface area contributed by atoms with E-state index in [2.05, 4.69) is 18.3 Å². The molecule has 1 aromatic heterocycles. The summed E-state index contributed by atoms with van der Waals surface area (Å²) >= 11 is 0. The number of unbranched alkanes of at least 4 members (excludes halogenated alkanes) is 1. The van der Waals surface area contributed by atoms with Crippen LogP contribution in [0.1, 0.15) is 47.8 Å². The van der Waals surface area contributed by atoms with Crippen molar-refractivity contribution in [2.45, 2.75) is 26.7 Å². The normalized spacial score (nSPS) is 8.93. The zero-order valence-electron chi connectivity index (χ0n) is 8.69. The van der Waals surface area contributed by atoms with Crippen molar-refractivity contribution in [1.82, 2.24) is 0 Å². The van der Waals surface area contributed by atoms with Gasteiger partial charge in [0.2, 0.25) is 11.5 Å². The third-order valence-electron chi connectivity index (χ3n) is 1.53. The molecule has 0 aliphatic rings. The van der Waals surface area contributed by atoms with Crippen LogP contribution in [0.15, 0.2) is 16.5 Å². The summed E-state index contributed by atoms with van der Waals surface area (Å²) in [5.74, 6) is -3.31. The minimum absolute atomic E-state index is 0.373. The van der Waals surface area contributed by atoms with Crippen molar-refractivity contribution in [3.63, 3.8) is 0 Å². The zero-order chi connectivity index (χ0) is 11.8. The summed E-state index contributed by atoms with van der Waals surface area (Å²) in [6, 6.07) is 2.18. The van der Waals surface area contributed by atoms with Gasteiger partial charge in [0.05, 0.1) is 0 Å². The van der Waals surface area contributed by atoms with E-state index < -0.39 is 11.9 Å². The van der Waals surface area contributed by atoms with Gasteiger partial charge in [0, 0.05) is 0 Å². The Morgan fingerprint density at radius 3 is 1.53 bits per heavy atom. The van der Waals surface area contributed by atoms with Crippen molar-refractivity contribution in [3.8, 4) is 0 Å². The van der Waals surface area contributed by atoms with E-state index in [1.807, 2.05) is 0 Å². The molecule has 2 N–H and O–H groups in total. The van der Waals surface area contributed by atoms with Crippen LogP contribution in [0.4, 0.5) is 0 Å².